The largest absolute Gasteiger partial charge is 0.490 e. The number of amides is 1. The van der Waals surface area contributed by atoms with E-state index in [1.165, 1.54) is 48.5 Å². The lowest BCUT2D eigenvalue weighted by Gasteiger charge is -2.22. The van der Waals surface area contributed by atoms with Crippen LogP contribution in [0.25, 0.3) is 22.2 Å². The summed E-state index contributed by atoms with van der Waals surface area (Å²) in [6, 6.07) is 10.6. The van der Waals surface area contributed by atoms with Gasteiger partial charge in [-0.25, -0.2) is 18.7 Å². The van der Waals surface area contributed by atoms with Crippen LogP contribution in [0.3, 0.4) is 0 Å². The number of nitrogens with zero attached hydrogens (tertiary/aromatic N) is 2. The van der Waals surface area contributed by atoms with Gasteiger partial charge < -0.3 is 14.8 Å². The number of carbonyl (C=O) groups excluding carboxylic acids is 1. The van der Waals surface area contributed by atoms with Gasteiger partial charge in [-0.2, -0.15) is 13.2 Å². The van der Waals surface area contributed by atoms with Gasteiger partial charge in [0, 0.05) is 34.5 Å². The van der Waals surface area contributed by atoms with E-state index in [-0.39, 0.29) is 41.3 Å². The second kappa shape index (κ2) is 10.3. The van der Waals surface area contributed by atoms with Crippen molar-refractivity contribution in [3.8, 4) is 22.8 Å². The minimum atomic E-state index is -4.76. The van der Waals surface area contributed by atoms with Crippen LogP contribution in [-0.2, 0) is 0 Å². The summed E-state index contributed by atoms with van der Waals surface area (Å²) >= 11 is 0. The number of aromatic nitrogens is 2. The standard InChI is InChI=1S/C30H24F5N3O3/c1-15-14-40-28-22(15)11-24(38-27(28)16-2-4-19(31)5-3-16)23(30(33,34)35)13-37-29(39)18-8-17-9-20(32)12-36-26(17)25(10-18)41-21-6-7-21/h2-5,8-12,15,21,23H,6-7,13-14H2,1H3,(H,37,39)/t15?,23-/m1/s1. The first-order chi connectivity index (χ1) is 19.6. The van der Waals surface area contributed by atoms with Crippen molar-refractivity contribution in [3.05, 3.63) is 83.2 Å². The second-order valence-corrected chi connectivity index (χ2v) is 10.4. The van der Waals surface area contributed by atoms with Crippen LogP contribution in [0.1, 0.15) is 53.2 Å². The number of ether oxygens (including phenoxy) is 2. The molecule has 41 heavy (non-hydrogen) atoms. The Bertz CT molecular complexity index is 1640. The Morgan fingerprint density at radius 1 is 1.10 bits per heavy atom. The van der Waals surface area contributed by atoms with Crippen molar-refractivity contribution in [3.63, 3.8) is 0 Å². The second-order valence-electron chi connectivity index (χ2n) is 10.4. The molecule has 6 nitrogen and oxygen atoms in total. The molecule has 1 aliphatic carbocycles. The van der Waals surface area contributed by atoms with Crippen LogP contribution in [0, 0.1) is 11.6 Å². The van der Waals surface area contributed by atoms with Gasteiger partial charge >= 0.3 is 6.18 Å². The fourth-order valence-corrected chi connectivity index (χ4v) is 4.83. The van der Waals surface area contributed by atoms with Gasteiger partial charge in [0.05, 0.1) is 24.6 Å². The van der Waals surface area contributed by atoms with Gasteiger partial charge in [0.25, 0.3) is 5.91 Å². The summed E-state index contributed by atoms with van der Waals surface area (Å²) in [5.74, 6) is -3.62. The topological polar surface area (TPSA) is 73.3 Å². The first-order valence-electron chi connectivity index (χ1n) is 13.1. The van der Waals surface area contributed by atoms with E-state index in [1.807, 2.05) is 6.92 Å². The molecule has 0 saturated heterocycles. The maximum atomic E-state index is 14.4. The van der Waals surface area contributed by atoms with Crippen LogP contribution in [0.4, 0.5) is 22.0 Å². The monoisotopic (exact) mass is 569 g/mol. The van der Waals surface area contributed by atoms with Gasteiger partial charge in [-0.1, -0.05) is 6.92 Å². The summed E-state index contributed by atoms with van der Waals surface area (Å²) < 4.78 is 82.3. The van der Waals surface area contributed by atoms with Crippen molar-refractivity contribution >= 4 is 16.8 Å². The average Bonchev–Trinajstić information content (AvgIpc) is 3.67. The zero-order valence-corrected chi connectivity index (χ0v) is 21.8. The number of hydrogen-bond acceptors (Lipinski definition) is 5. The van der Waals surface area contributed by atoms with Crippen LogP contribution >= 0.6 is 0 Å². The smallest absolute Gasteiger partial charge is 0.398 e. The van der Waals surface area contributed by atoms with E-state index >= 15 is 0 Å². The van der Waals surface area contributed by atoms with Gasteiger partial charge in [-0.05, 0) is 61.4 Å². The lowest BCUT2D eigenvalue weighted by molar-refractivity contribution is -0.149. The molecule has 6 rings (SSSR count). The van der Waals surface area contributed by atoms with Crippen LogP contribution in [0.5, 0.6) is 11.5 Å². The predicted octanol–water partition coefficient (Wildman–Crippen LogP) is 6.69. The van der Waals surface area contributed by atoms with Crippen LogP contribution in [0.15, 0.2) is 54.7 Å². The molecule has 0 radical (unpaired) electrons. The molecular formula is C30H24F5N3O3. The third kappa shape index (κ3) is 5.53. The quantitative estimate of drug-likeness (QED) is 0.251. The Kier molecular flexibility index (Phi) is 6.75. The molecule has 2 aliphatic rings. The molecule has 1 saturated carbocycles. The first kappa shape index (κ1) is 26.9. The Morgan fingerprint density at radius 2 is 1.85 bits per heavy atom. The van der Waals surface area contributed by atoms with Crippen LogP contribution < -0.4 is 14.8 Å². The van der Waals surface area contributed by atoms with E-state index in [0.717, 1.165) is 19.0 Å². The maximum absolute atomic E-state index is 14.4. The number of fused-ring (bicyclic) bond motifs is 2. The number of hydrogen-bond donors (Lipinski definition) is 1. The molecule has 0 spiro atoms. The highest BCUT2D eigenvalue weighted by atomic mass is 19.4. The van der Waals surface area contributed by atoms with Crippen LogP contribution in [-0.4, -0.2) is 41.3 Å². The van der Waals surface area contributed by atoms with E-state index in [2.05, 4.69) is 15.3 Å². The van der Waals surface area contributed by atoms with Gasteiger partial charge in [0.2, 0.25) is 0 Å². The summed E-state index contributed by atoms with van der Waals surface area (Å²) in [4.78, 5) is 21.5. The molecule has 11 heteroatoms. The molecule has 4 aromatic rings. The fraction of sp³-hybridized carbons (Fsp3) is 0.300. The molecule has 2 aromatic carbocycles. The Labute approximate surface area is 231 Å². The molecule has 1 aliphatic heterocycles. The maximum Gasteiger partial charge on any atom is 0.398 e. The normalized spacial score (nSPS) is 17.2. The number of halogens is 5. The molecule has 1 amide bonds. The van der Waals surface area contributed by atoms with Crippen molar-refractivity contribution in [2.75, 3.05) is 13.2 Å². The summed E-state index contributed by atoms with van der Waals surface area (Å²) in [6.07, 6.45) is -2.13. The molecule has 0 bridgehead atoms. The molecule has 2 atom stereocenters. The van der Waals surface area contributed by atoms with E-state index < -0.39 is 36.2 Å². The van der Waals surface area contributed by atoms with Crippen molar-refractivity contribution < 1.29 is 36.2 Å². The molecule has 212 valence electrons. The molecule has 2 aromatic heterocycles. The van der Waals surface area contributed by atoms with E-state index in [1.54, 1.807) is 0 Å². The molecule has 1 N–H and O–H groups in total. The molecule has 1 fully saturated rings. The van der Waals surface area contributed by atoms with E-state index in [4.69, 9.17) is 9.47 Å². The Hall–Kier alpha value is -4.28. The highest BCUT2D eigenvalue weighted by Crippen LogP contribution is 2.44. The molecule has 1 unspecified atom stereocenters. The zero-order valence-electron chi connectivity index (χ0n) is 21.8. The summed E-state index contributed by atoms with van der Waals surface area (Å²) in [5.41, 5.74) is 1.21. The van der Waals surface area contributed by atoms with Gasteiger partial charge in [0.15, 0.2) is 0 Å². The van der Waals surface area contributed by atoms with Gasteiger partial charge in [-0.3, -0.25) is 4.79 Å². The SMILES string of the molecule is CC1COc2c1cc([C@@H](CNC(=O)c1cc(OC3CC3)c3ncc(F)cc3c1)C(F)(F)F)nc2-c1ccc(F)cc1. The molecular weight excluding hydrogens is 545 g/mol. The minimum absolute atomic E-state index is 0.0115. The summed E-state index contributed by atoms with van der Waals surface area (Å²) in [6.45, 7) is 1.29. The van der Waals surface area contributed by atoms with Crippen molar-refractivity contribution in [1.82, 2.24) is 15.3 Å². The predicted molar refractivity (Wildman–Crippen MR) is 140 cm³/mol. The van der Waals surface area contributed by atoms with Crippen LogP contribution in [0.2, 0.25) is 0 Å². The highest BCUT2D eigenvalue weighted by Gasteiger charge is 2.43. The average molecular weight is 570 g/mol. The van der Waals surface area contributed by atoms with E-state index in [9.17, 15) is 26.7 Å². The number of benzene rings is 2. The lowest BCUT2D eigenvalue weighted by Crippen LogP contribution is -2.35. The number of carbonyl (C=O) groups is 1. The number of nitrogens with one attached hydrogen (secondary N) is 1. The van der Waals surface area contributed by atoms with Crippen molar-refractivity contribution in [2.24, 2.45) is 0 Å². The first-order valence-corrected chi connectivity index (χ1v) is 13.1. The van der Waals surface area contributed by atoms with E-state index in [0.29, 0.717) is 27.8 Å². The highest BCUT2D eigenvalue weighted by molar-refractivity contribution is 6.00. The molecule has 3 heterocycles. The van der Waals surface area contributed by atoms with Gasteiger partial charge in [-0.15, -0.1) is 0 Å². The number of rotatable bonds is 7. The fourth-order valence-electron chi connectivity index (χ4n) is 4.83. The Morgan fingerprint density at radius 3 is 2.56 bits per heavy atom. The third-order valence-electron chi connectivity index (χ3n) is 7.16. The van der Waals surface area contributed by atoms with Gasteiger partial charge in [0.1, 0.15) is 40.3 Å². The third-order valence-corrected chi connectivity index (χ3v) is 7.16. The minimum Gasteiger partial charge on any atom is -0.490 e. The van der Waals surface area contributed by atoms with Crippen molar-refractivity contribution in [1.29, 1.82) is 0 Å². The zero-order chi connectivity index (χ0) is 28.9. The van der Waals surface area contributed by atoms with Crippen molar-refractivity contribution in [2.45, 2.75) is 43.9 Å². The number of alkyl halides is 3. The Balaban J connectivity index is 1.32. The summed E-state index contributed by atoms with van der Waals surface area (Å²) in [5, 5.41) is 2.67. The lowest BCUT2D eigenvalue weighted by atomic mass is 9.95. The summed E-state index contributed by atoms with van der Waals surface area (Å²) in [7, 11) is 0. The number of pyridine rings is 2.